The predicted molar refractivity (Wildman–Crippen MR) is 174 cm³/mol. The second-order valence-corrected chi connectivity index (χ2v) is 10.9. The number of aromatic nitrogens is 6. The number of hydrogen-bond donors (Lipinski definition) is 3. The van der Waals surface area contributed by atoms with E-state index in [2.05, 4.69) is 26.8 Å². The summed E-state index contributed by atoms with van der Waals surface area (Å²) in [6.07, 6.45) is 4.22. The molecule has 2 aromatic carbocycles. The molecular formula is C35H31N7O3. The molecule has 3 N–H and O–H groups in total. The standard InChI is InChI=1S/C35H31N7O3/c1-3-25-17-30(32-13-7-22(2)45-32)42(40-25)26-10-11-29-28(18-26)39-35(41(29)21-24-9-14-34(44)38-20-24)27-16-23(8-12-31(27)43)19-37-33-6-4-5-15-36-33/h4-18,20,43H,3,19,21H2,1-2H3,(H,36,37)(H,38,44). The Hall–Kier alpha value is -5.90. The summed E-state index contributed by atoms with van der Waals surface area (Å²) < 4.78 is 9.90. The number of furan rings is 1. The second-order valence-electron chi connectivity index (χ2n) is 10.9. The Labute approximate surface area is 258 Å². The van der Waals surface area contributed by atoms with Crippen LogP contribution in [-0.4, -0.2) is 34.4 Å². The molecule has 0 radical (unpaired) electrons. The molecule has 0 amide bonds. The number of phenols is 1. The zero-order valence-electron chi connectivity index (χ0n) is 24.9. The van der Waals surface area contributed by atoms with Crippen LogP contribution < -0.4 is 10.9 Å². The largest absolute Gasteiger partial charge is 0.507 e. The van der Waals surface area contributed by atoms with Gasteiger partial charge in [0, 0.05) is 25.0 Å². The lowest BCUT2D eigenvalue weighted by molar-refractivity contribution is 0.476. The zero-order chi connectivity index (χ0) is 30.9. The summed E-state index contributed by atoms with van der Waals surface area (Å²) in [6.45, 7) is 4.94. The van der Waals surface area contributed by atoms with Gasteiger partial charge in [-0.2, -0.15) is 5.10 Å². The fourth-order valence-corrected chi connectivity index (χ4v) is 5.42. The molecule has 7 aromatic rings. The minimum Gasteiger partial charge on any atom is -0.507 e. The summed E-state index contributed by atoms with van der Waals surface area (Å²) in [7, 11) is 0. The fraction of sp³-hybridized carbons (Fsp3) is 0.143. The van der Waals surface area contributed by atoms with Gasteiger partial charge in [0.25, 0.3) is 0 Å². The summed E-state index contributed by atoms with van der Waals surface area (Å²) in [5.41, 5.74) is 6.52. The molecular weight excluding hydrogens is 566 g/mol. The Morgan fingerprint density at radius 2 is 1.87 bits per heavy atom. The van der Waals surface area contributed by atoms with Crippen molar-refractivity contribution in [3.05, 3.63) is 130 Å². The molecule has 0 aliphatic carbocycles. The van der Waals surface area contributed by atoms with Gasteiger partial charge in [-0.25, -0.2) is 14.6 Å². The Bertz CT molecular complexity index is 2170. The van der Waals surface area contributed by atoms with Crippen molar-refractivity contribution >= 4 is 16.9 Å². The smallest absolute Gasteiger partial charge is 0.247 e. The summed E-state index contributed by atoms with van der Waals surface area (Å²) in [4.78, 5) is 23.9. The van der Waals surface area contributed by atoms with Gasteiger partial charge in [-0.1, -0.05) is 25.1 Å². The molecule has 10 heteroatoms. The van der Waals surface area contributed by atoms with Gasteiger partial charge in [-0.05, 0) is 85.1 Å². The van der Waals surface area contributed by atoms with Gasteiger partial charge in [0.1, 0.15) is 28.8 Å². The van der Waals surface area contributed by atoms with Crippen LogP contribution in [-0.2, 0) is 19.5 Å². The average Bonchev–Trinajstić information content (AvgIpc) is 3.79. The van der Waals surface area contributed by atoms with Gasteiger partial charge in [0.05, 0.1) is 34.5 Å². The molecule has 45 heavy (non-hydrogen) atoms. The van der Waals surface area contributed by atoms with Crippen LogP contribution in [0.5, 0.6) is 5.75 Å². The first kappa shape index (κ1) is 27.9. The Morgan fingerprint density at radius 1 is 0.978 bits per heavy atom. The lowest BCUT2D eigenvalue weighted by Crippen LogP contribution is -2.07. The number of pyridine rings is 2. The van der Waals surface area contributed by atoms with Gasteiger partial charge >= 0.3 is 0 Å². The number of fused-ring (bicyclic) bond motifs is 1. The first-order chi connectivity index (χ1) is 21.9. The van der Waals surface area contributed by atoms with E-state index in [9.17, 15) is 9.90 Å². The number of nitrogens with one attached hydrogen (secondary N) is 2. The third-order valence-electron chi connectivity index (χ3n) is 7.72. The third kappa shape index (κ3) is 5.61. The van der Waals surface area contributed by atoms with Crippen LogP contribution >= 0.6 is 0 Å². The van der Waals surface area contributed by atoms with Crippen molar-refractivity contribution in [1.82, 2.24) is 29.3 Å². The number of nitrogens with zero attached hydrogens (tertiary/aromatic N) is 5. The SMILES string of the molecule is CCc1cc(-c2ccc(C)o2)n(-c2ccc3c(c2)nc(-c2cc(CNc4ccccn4)ccc2O)n3Cc2ccc(=O)[nH]c2)n1. The second kappa shape index (κ2) is 11.6. The van der Waals surface area contributed by atoms with Gasteiger partial charge in [0.15, 0.2) is 5.76 Å². The molecule has 0 fully saturated rings. The summed E-state index contributed by atoms with van der Waals surface area (Å²) in [6, 6.07) is 26.5. The number of aromatic hydroxyl groups is 1. The maximum atomic E-state index is 11.8. The van der Waals surface area contributed by atoms with E-state index >= 15 is 0 Å². The van der Waals surface area contributed by atoms with Crippen molar-refractivity contribution in [2.75, 3.05) is 5.32 Å². The number of anilines is 1. The van der Waals surface area contributed by atoms with E-state index in [0.717, 1.165) is 63.0 Å². The van der Waals surface area contributed by atoms with Gasteiger partial charge in [-0.3, -0.25) is 4.79 Å². The molecule has 5 aromatic heterocycles. The molecule has 5 heterocycles. The Kier molecular flexibility index (Phi) is 7.22. The molecule has 0 spiro atoms. The van der Waals surface area contributed by atoms with Crippen LogP contribution in [0.15, 0.2) is 107 Å². The predicted octanol–water partition coefficient (Wildman–Crippen LogP) is 6.47. The van der Waals surface area contributed by atoms with Crippen molar-refractivity contribution in [3.63, 3.8) is 0 Å². The molecule has 0 saturated heterocycles. The lowest BCUT2D eigenvalue weighted by Gasteiger charge is -2.13. The number of hydrogen-bond acceptors (Lipinski definition) is 7. The molecule has 7 rings (SSSR count). The van der Waals surface area contributed by atoms with E-state index < -0.39 is 0 Å². The van der Waals surface area contributed by atoms with E-state index in [0.29, 0.717) is 24.5 Å². The highest BCUT2D eigenvalue weighted by atomic mass is 16.3. The first-order valence-electron chi connectivity index (χ1n) is 14.8. The van der Waals surface area contributed by atoms with Crippen molar-refractivity contribution in [1.29, 1.82) is 0 Å². The minimum absolute atomic E-state index is 0.116. The number of imidazole rings is 1. The van der Waals surface area contributed by atoms with E-state index in [1.165, 1.54) is 6.07 Å². The minimum atomic E-state index is -0.168. The molecule has 0 aliphatic rings. The Balaban J connectivity index is 1.34. The fourth-order valence-electron chi connectivity index (χ4n) is 5.42. The number of aromatic amines is 1. The molecule has 10 nitrogen and oxygen atoms in total. The monoisotopic (exact) mass is 597 g/mol. The summed E-state index contributed by atoms with van der Waals surface area (Å²) in [5.74, 6) is 3.05. The molecule has 0 saturated carbocycles. The van der Waals surface area contributed by atoms with Gasteiger partial charge < -0.3 is 24.4 Å². The maximum absolute atomic E-state index is 11.8. The number of H-pyrrole nitrogens is 1. The van der Waals surface area contributed by atoms with Crippen molar-refractivity contribution in [2.45, 2.75) is 33.4 Å². The molecule has 0 unspecified atom stereocenters. The van der Waals surface area contributed by atoms with Crippen LogP contribution in [0.25, 0.3) is 39.6 Å². The van der Waals surface area contributed by atoms with Gasteiger partial charge in [0.2, 0.25) is 5.56 Å². The van der Waals surface area contributed by atoms with Crippen LogP contribution in [0.1, 0.15) is 29.5 Å². The normalized spacial score (nSPS) is 11.3. The van der Waals surface area contributed by atoms with E-state index in [1.807, 2.05) is 78.3 Å². The first-order valence-corrected chi connectivity index (χ1v) is 14.8. The lowest BCUT2D eigenvalue weighted by atomic mass is 10.1. The molecule has 0 atom stereocenters. The van der Waals surface area contributed by atoms with Crippen LogP contribution in [0, 0.1) is 6.92 Å². The molecule has 0 bridgehead atoms. The van der Waals surface area contributed by atoms with Crippen molar-refractivity contribution in [3.8, 4) is 34.3 Å². The van der Waals surface area contributed by atoms with Crippen molar-refractivity contribution in [2.24, 2.45) is 0 Å². The zero-order valence-corrected chi connectivity index (χ0v) is 24.9. The van der Waals surface area contributed by atoms with Gasteiger partial charge in [-0.15, -0.1) is 0 Å². The van der Waals surface area contributed by atoms with Crippen LogP contribution in [0.3, 0.4) is 0 Å². The highest BCUT2D eigenvalue weighted by Gasteiger charge is 2.20. The third-order valence-corrected chi connectivity index (χ3v) is 7.72. The number of rotatable bonds is 9. The average molecular weight is 598 g/mol. The number of benzene rings is 2. The molecule has 224 valence electrons. The highest BCUT2D eigenvalue weighted by Crippen LogP contribution is 2.34. The summed E-state index contributed by atoms with van der Waals surface area (Å²) >= 11 is 0. The van der Waals surface area contributed by atoms with Crippen molar-refractivity contribution < 1.29 is 9.52 Å². The molecule has 0 aliphatic heterocycles. The maximum Gasteiger partial charge on any atom is 0.247 e. The van der Waals surface area contributed by atoms with Crippen LogP contribution in [0.4, 0.5) is 5.82 Å². The topological polar surface area (TPSA) is 127 Å². The summed E-state index contributed by atoms with van der Waals surface area (Å²) in [5, 5.41) is 19.3. The quantitative estimate of drug-likeness (QED) is 0.174. The van der Waals surface area contributed by atoms with E-state index in [-0.39, 0.29) is 11.3 Å². The van der Waals surface area contributed by atoms with E-state index in [4.69, 9.17) is 14.5 Å². The van der Waals surface area contributed by atoms with Crippen LogP contribution in [0.2, 0.25) is 0 Å². The Morgan fingerprint density at radius 3 is 2.62 bits per heavy atom. The number of aryl methyl sites for hydroxylation is 2. The number of phenolic OH excluding ortho intramolecular Hbond substituents is 1. The van der Waals surface area contributed by atoms with E-state index in [1.54, 1.807) is 24.5 Å². The highest BCUT2D eigenvalue weighted by molar-refractivity contribution is 5.84.